The Morgan fingerprint density at radius 3 is 2.19 bits per heavy atom. The van der Waals surface area contributed by atoms with Gasteiger partial charge in [-0.05, 0) is 31.9 Å². The molecule has 0 amide bonds. The van der Waals surface area contributed by atoms with Crippen LogP contribution in [0.3, 0.4) is 0 Å². The Bertz CT molecular complexity index is 551. The minimum Gasteiger partial charge on any atom is -0.491 e. The van der Waals surface area contributed by atoms with E-state index in [9.17, 15) is 0 Å². The molecule has 2 aromatic rings. The van der Waals surface area contributed by atoms with E-state index in [1.54, 1.807) is 0 Å². The molecule has 0 aliphatic carbocycles. The molecule has 0 heterocycles. The predicted molar refractivity (Wildman–Crippen MR) is 88.6 cm³/mol. The topological polar surface area (TPSA) is 35.2 Å². The summed E-state index contributed by atoms with van der Waals surface area (Å²) < 4.78 is 5.92. The Balaban J connectivity index is 2.32. The van der Waals surface area contributed by atoms with Crippen LogP contribution in [-0.4, -0.2) is 6.10 Å². The SMILES string of the molecule is CCC(c1ccccc1)C(N)c1ccccc1OC(C)C. The summed E-state index contributed by atoms with van der Waals surface area (Å²) in [5, 5.41) is 0. The number of hydrogen-bond donors (Lipinski definition) is 1. The van der Waals surface area contributed by atoms with Gasteiger partial charge in [-0.3, -0.25) is 0 Å². The second kappa shape index (κ2) is 7.28. The Labute approximate surface area is 127 Å². The molecule has 21 heavy (non-hydrogen) atoms. The van der Waals surface area contributed by atoms with Crippen LogP contribution in [0.4, 0.5) is 0 Å². The molecule has 0 saturated heterocycles. The van der Waals surface area contributed by atoms with Crippen molar-refractivity contribution in [1.29, 1.82) is 0 Å². The highest BCUT2D eigenvalue weighted by molar-refractivity contribution is 5.38. The van der Waals surface area contributed by atoms with E-state index in [0.29, 0.717) is 5.92 Å². The van der Waals surface area contributed by atoms with Crippen LogP contribution < -0.4 is 10.5 Å². The van der Waals surface area contributed by atoms with Crippen LogP contribution in [-0.2, 0) is 0 Å². The van der Waals surface area contributed by atoms with E-state index in [-0.39, 0.29) is 12.1 Å². The van der Waals surface area contributed by atoms with Gasteiger partial charge in [-0.25, -0.2) is 0 Å². The molecule has 2 rings (SSSR count). The number of ether oxygens (including phenoxy) is 1. The molecule has 0 aliphatic heterocycles. The average molecular weight is 283 g/mol. The van der Waals surface area contributed by atoms with E-state index in [2.05, 4.69) is 37.3 Å². The van der Waals surface area contributed by atoms with Gasteiger partial charge in [0.15, 0.2) is 0 Å². The van der Waals surface area contributed by atoms with Crippen molar-refractivity contribution in [3.8, 4) is 5.75 Å². The van der Waals surface area contributed by atoms with Crippen LogP contribution >= 0.6 is 0 Å². The maximum atomic E-state index is 6.58. The van der Waals surface area contributed by atoms with Gasteiger partial charge in [0, 0.05) is 17.5 Å². The molecule has 2 N–H and O–H groups in total. The van der Waals surface area contributed by atoms with Gasteiger partial charge in [-0.1, -0.05) is 55.5 Å². The molecule has 2 aromatic carbocycles. The molecule has 112 valence electrons. The van der Waals surface area contributed by atoms with Crippen molar-refractivity contribution < 1.29 is 4.74 Å². The van der Waals surface area contributed by atoms with Gasteiger partial charge in [0.1, 0.15) is 5.75 Å². The molecule has 2 heteroatoms. The van der Waals surface area contributed by atoms with Crippen LogP contribution in [0.25, 0.3) is 0 Å². The summed E-state index contributed by atoms with van der Waals surface area (Å²) in [5.41, 5.74) is 8.95. The highest BCUT2D eigenvalue weighted by atomic mass is 16.5. The van der Waals surface area contributed by atoms with Crippen molar-refractivity contribution in [2.75, 3.05) is 0 Å². The fourth-order valence-electron chi connectivity index (χ4n) is 2.73. The standard InChI is InChI=1S/C19H25NO/c1-4-16(15-10-6-5-7-11-15)19(20)17-12-8-9-13-18(17)21-14(2)3/h5-14,16,19H,4,20H2,1-3H3. The van der Waals surface area contributed by atoms with Gasteiger partial charge >= 0.3 is 0 Å². The van der Waals surface area contributed by atoms with E-state index in [1.807, 2.05) is 38.1 Å². The quantitative estimate of drug-likeness (QED) is 0.836. The summed E-state index contributed by atoms with van der Waals surface area (Å²) in [4.78, 5) is 0. The number of nitrogens with two attached hydrogens (primary N) is 1. The first kappa shape index (κ1) is 15.6. The Hall–Kier alpha value is -1.80. The highest BCUT2D eigenvalue weighted by Gasteiger charge is 2.22. The zero-order chi connectivity index (χ0) is 15.2. The van der Waals surface area contributed by atoms with Crippen molar-refractivity contribution in [3.05, 3.63) is 65.7 Å². The largest absolute Gasteiger partial charge is 0.491 e. The predicted octanol–water partition coefficient (Wildman–Crippen LogP) is 4.67. The van der Waals surface area contributed by atoms with Gasteiger partial charge in [0.25, 0.3) is 0 Å². The van der Waals surface area contributed by atoms with E-state index in [4.69, 9.17) is 10.5 Å². The molecule has 2 atom stereocenters. The van der Waals surface area contributed by atoms with E-state index < -0.39 is 0 Å². The number of benzene rings is 2. The fourth-order valence-corrected chi connectivity index (χ4v) is 2.73. The van der Waals surface area contributed by atoms with Gasteiger partial charge < -0.3 is 10.5 Å². The molecule has 0 spiro atoms. The summed E-state index contributed by atoms with van der Waals surface area (Å²) in [5.74, 6) is 1.19. The van der Waals surface area contributed by atoms with Gasteiger partial charge in [-0.15, -0.1) is 0 Å². The maximum absolute atomic E-state index is 6.58. The maximum Gasteiger partial charge on any atom is 0.124 e. The summed E-state index contributed by atoms with van der Waals surface area (Å²) in [6, 6.07) is 18.5. The summed E-state index contributed by atoms with van der Waals surface area (Å²) in [6.45, 7) is 6.26. The average Bonchev–Trinajstić information content (AvgIpc) is 2.49. The molecule has 2 unspecified atom stereocenters. The Morgan fingerprint density at radius 2 is 1.57 bits per heavy atom. The number of para-hydroxylation sites is 1. The second-order valence-electron chi connectivity index (χ2n) is 5.66. The van der Waals surface area contributed by atoms with Crippen molar-refractivity contribution in [2.24, 2.45) is 5.73 Å². The first-order chi connectivity index (χ1) is 10.1. The molecule has 2 nitrogen and oxygen atoms in total. The van der Waals surface area contributed by atoms with Crippen LogP contribution in [0.15, 0.2) is 54.6 Å². The van der Waals surface area contributed by atoms with Crippen molar-refractivity contribution in [2.45, 2.75) is 45.3 Å². The molecular weight excluding hydrogens is 258 g/mol. The zero-order valence-electron chi connectivity index (χ0n) is 13.1. The van der Waals surface area contributed by atoms with Gasteiger partial charge in [0.2, 0.25) is 0 Å². The molecule has 0 aliphatic rings. The van der Waals surface area contributed by atoms with Crippen LogP contribution in [0.1, 0.15) is 50.3 Å². The smallest absolute Gasteiger partial charge is 0.124 e. The molecule has 0 aromatic heterocycles. The minimum absolute atomic E-state index is 0.0626. The lowest BCUT2D eigenvalue weighted by Gasteiger charge is -2.26. The van der Waals surface area contributed by atoms with E-state index in [0.717, 1.165) is 17.7 Å². The minimum atomic E-state index is -0.0626. The third-order valence-corrected chi connectivity index (χ3v) is 3.74. The van der Waals surface area contributed by atoms with Gasteiger partial charge in [0.05, 0.1) is 6.10 Å². The van der Waals surface area contributed by atoms with Crippen molar-refractivity contribution in [3.63, 3.8) is 0 Å². The van der Waals surface area contributed by atoms with E-state index >= 15 is 0 Å². The number of hydrogen-bond acceptors (Lipinski definition) is 2. The third kappa shape index (κ3) is 3.85. The lowest BCUT2D eigenvalue weighted by Crippen LogP contribution is -2.21. The normalized spacial score (nSPS) is 14.0. The molecule has 0 fully saturated rings. The van der Waals surface area contributed by atoms with Crippen molar-refractivity contribution >= 4 is 0 Å². The summed E-state index contributed by atoms with van der Waals surface area (Å²) >= 11 is 0. The van der Waals surface area contributed by atoms with Crippen molar-refractivity contribution in [1.82, 2.24) is 0 Å². The van der Waals surface area contributed by atoms with E-state index in [1.165, 1.54) is 5.56 Å². The lowest BCUT2D eigenvalue weighted by atomic mass is 9.85. The molecule has 0 bridgehead atoms. The highest BCUT2D eigenvalue weighted by Crippen LogP contribution is 2.36. The second-order valence-corrected chi connectivity index (χ2v) is 5.66. The fraction of sp³-hybridized carbons (Fsp3) is 0.368. The van der Waals surface area contributed by atoms with Gasteiger partial charge in [-0.2, -0.15) is 0 Å². The van der Waals surface area contributed by atoms with Crippen LogP contribution in [0.5, 0.6) is 5.75 Å². The molecule has 0 saturated carbocycles. The molecular formula is C19H25NO. The van der Waals surface area contributed by atoms with Crippen LogP contribution in [0.2, 0.25) is 0 Å². The monoisotopic (exact) mass is 283 g/mol. The first-order valence-electron chi connectivity index (χ1n) is 7.69. The number of rotatable bonds is 6. The summed E-state index contributed by atoms with van der Waals surface area (Å²) in [6.07, 6.45) is 1.15. The first-order valence-corrected chi connectivity index (χ1v) is 7.69. The van der Waals surface area contributed by atoms with Crippen LogP contribution in [0, 0.1) is 0 Å². The Morgan fingerprint density at radius 1 is 0.952 bits per heavy atom. The lowest BCUT2D eigenvalue weighted by molar-refractivity contribution is 0.238. The third-order valence-electron chi connectivity index (χ3n) is 3.74. The Kier molecular flexibility index (Phi) is 5.40. The molecule has 0 radical (unpaired) electrons. The summed E-state index contributed by atoms with van der Waals surface area (Å²) in [7, 11) is 0. The zero-order valence-corrected chi connectivity index (χ0v) is 13.1.